The SMILES string of the molecule is Nc1ccccc1N(N)C(C(N1CCOCC1)N(N)c1ccccc1N)N1CCOCC1. The third-order valence-electron chi connectivity index (χ3n) is 6.11. The molecule has 8 N–H and O–H groups in total. The summed E-state index contributed by atoms with van der Waals surface area (Å²) in [6.07, 6.45) is -0.627. The second-order valence-electron chi connectivity index (χ2n) is 8.06. The van der Waals surface area contributed by atoms with Gasteiger partial charge in [-0.15, -0.1) is 0 Å². The maximum atomic E-state index is 6.83. The minimum atomic E-state index is -0.314. The standard InChI is InChI=1S/C22H34N8O2/c23-17-5-1-3-7-19(17)29(25)21(27-9-13-31-14-10-27)22(28-11-15-32-16-12-28)30(26)20-8-4-2-6-18(20)24/h1-8,21-22H,9-16,23-26H2. The normalized spacial score (nSPS) is 19.9. The quantitative estimate of drug-likeness (QED) is 0.268. The molecule has 2 fully saturated rings. The Morgan fingerprint density at radius 1 is 0.625 bits per heavy atom. The van der Waals surface area contributed by atoms with Crippen molar-refractivity contribution in [2.45, 2.75) is 12.3 Å². The fourth-order valence-electron chi connectivity index (χ4n) is 4.43. The first-order valence-corrected chi connectivity index (χ1v) is 11.0. The molecule has 2 aliphatic heterocycles. The topological polar surface area (TPSA) is 135 Å². The van der Waals surface area contributed by atoms with Gasteiger partial charge in [0.25, 0.3) is 0 Å². The van der Waals surface area contributed by atoms with Gasteiger partial charge in [0, 0.05) is 26.2 Å². The van der Waals surface area contributed by atoms with E-state index in [9.17, 15) is 0 Å². The van der Waals surface area contributed by atoms with Crippen molar-refractivity contribution < 1.29 is 9.47 Å². The van der Waals surface area contributed by atoms with Crippen LogP contribution in [0.1, 0.15) is 0 Å². The van der Waals surface area contributed by atoms with Crippen molar-refractivity contribution in [1.29, 1.82) is 0 Å². The minimum absolute atomic E-state index is 0.314. The van der Waals surface area contributed by atoms with Crippen molar-refractivity contribution >= 4 is 22.7 Å². The summed E-state index contributed by atoms with van der Waals surface area (Å²) in [5.74, 6) is 13.7. The zero-order valence-corrected chi connectivity index (χ0v) is 18.3. The summed E-state index contributed by atoms with van der Waals surface area (Å²) in [5, 5.41) is 3.47. The number of hydrogen-bond acceptors (Lipinski definition) is 10. The van der Waals surface area contributed by atoms with Crippen molar-refractivity contribution in [3.8, 4) is 0 Å². The second kappa shape index (κ2) is 10.3. The van der Waals surface area contributed by atoms with Crippen LogP contribution in [0.25, 0.3) is 0 Å². The number of hydrazine groups is 2. The van der Waals surface area contributed by atoms with Crippen LogP contribution in [0.5, 0.6) is 0 Å². The summed E-state index contributed by atoms with van der Waals surface area (Å²) in [7, 11) is 0. The van der Waals surface area contributed by atoms with Gasteiger partial charge in [0.2, 0.25) is 0 Å². The number of nitrogen functional groups attached to an aromatic ring is 2. The Hall–Kier alpha value is -2.60. The Labute approximate surface area is 189 Å². The average Bonchev–Trinajstić information content (AvgIpc) is 2.83. The predicted molar refractivity (Wildman–Crippen MR) is 127 cm³/mol. The summed E-state index contributed by atoms with van der Waals surface area (Å²) in [6.45, 7) is 5.41. The van der Waals surface area contributed by atoms with Crippen LogP contribution in [0, 0.1) is 0 Å². The Morgan fingerprint density at radius 3 is 1.31 bits per heavy atom. The highest BCUT2D eigenvalue weighted by molar-refractivity contribution is 5.69. The summed E-state index contributed by atoms with van der Waals surface area (Å²) in [6, 6.07) is 15.2. The molecule has 10 heteroatoms. The van der Waals surface area contributed by atoms with Crippen LogP contribution >= 0.6 is 0 Å². The van der Waals surface area contributed by atoms with Gasteiger partial charge in [0.05, 0.1) is 49.2 Å². The lowest BCUT2D eigenvalue weighted by atomic mass is 10.1. The minimum Gasteiger partial charge on any atom is -0.397 e. The van der Waals surface area contributed by atoms with Gasteiger partial charge in [-0.05, 0) is 24.3 Å². The van der Waals surface area contributed by atoms with Crippen molar-refractivity contribution in [2.75, 3.05) is 74.1 Å². The molecule has 2 heterocycles. The van der Waals surface area contributed by atoms with E-state index in [4.69, 9.17) is 32.6 Å². The zero-order valence-electron chi connectivity index (χ0n) is 18.3. The van der Waals surface area contributed by atoms with Crippen LogP contribution in [0.4, 0.5) is 22.7 Å². The molecule has 0 amide bonds. The van der Waals surface area contributed by atoms with E-state index in [2.05, 4.69) is 9.80 Å². The lowest BCUT2D eigenvalue weighted by molar-refractivity contribution is -0.0369. The first-order valence-electron chi connectivity index (χ1n) is 11.0. The van der Waals surface area contributed by atoms with Crippen LogP contribution in [0.2, 0.25) is 0 Å². The number of rotatable bonds is 7. The van der Waals surface area contributed by atoms with E-state index in [0.717, 1.165) is 37.6 Å². The first-order chi connectivity index (χ1) is 15.6. The predicted octanol–water partition coefficient (Wildman–Crippen LogP) is 0.228. The lowest BCUT2D eigenvalue weighted by Gasteiger charge is -2.51. The molecule has 0 bridgehead atoms. The molecule has 174 valence electrons. The summed E-state index contributed by atoms with van der Waals surface area (Å²) in [5.41, 5.74) is 15.3. The maximum absolute atomic E-state index is 6.83. The van der Waals surface area contributed by atoms with Gasteiger partial charge in [-0.2, -0.15) is 0 Å². The van der Waals surface area contributed by atoms with Gasteiger partial charge in [-0.1, -0.05) is 24.3 Å². The third-order valence-corrected chi connectivity index (χ3v) is 6.11. The molecule has 2 atom stereocenters. The zero-order chi connectivity index (χ0) is 22.5. The van der Waals surface area contributed by atoms with E-state index in [1.807, 2.05) is 48.5 Å². The number of anilines is 4. The van der Waals surface area contributed by atoms with Crippen LogP contribution in [-0.2, 0) is 9.47 Å². The number of ether oxygens (including phenoxy) is 2. The highest BCUT2D eigenvalue weighted by Crippen LogP contribution is 2.30. The number of nitrogens with zero attached hydrogens (tertiary/aromatic N) is 4. The number of benzene rings is 2. The lowest BCUT2D eigenvalue weighted by Crippen LogP contribution is -2.71. The Morgan fingerprint density at radius 2 is 0.969 bits per heavy atom. The number of hydrogen-bond donors (Lipinski definition) is 4. The Balaban J connectivity index is 1.78. The van der Waals surface area contributed by atoms with Crippen molar-refractivity contribution in [2.24, 2.45) is 11.7 Å². The molecule has 0 saturated carbocycles. The molecule has 4 rings (SSSR count). The molecule has 0 aromatic heterocycles. The highest BCUT2D eigenvalue weighted by atomic mass is 16.5. The van der Waals surface area contributed by atoms with Gasteiger partial charge in [0.1, 0.15) is 12.3 Å². The van der Waals surface area contributed by atoms with Crippen LogP contribution in [0.15, 0.2) is 48.5 Å². The van der Waals surface area contributed by atoms with Crippen LogP contribution < -0.4 is 33.2 Å². The molecule has 0 spiro atoms. The number of morpholine rings is 2. The summed E-state index contributed by atoms with van der Waals surface area (Å²) < 4.78 is 11.2. The van der Waals surface area contributed by atoms with Gasteiger partial charge in [-0.25, -0.2) is 11.7 Å². The fraction of sp³-hybridized carbons (Fsp3) is 0.455. The van der Waals surface area contributed by atoms with Gasteiger partial charge in [0.15, 0.2) is 0 Å². The molecule has 0 radical (unpaired) electrons. The van der Waals surface area contributed by atoms with Crippen LogP contribution in [-0.4, -0.2) is 74.7 Å². The van der Waals surface area contributed by atoms with Gasteiger partial charge < -0.3 is 20.9 Å². The molecular formula is C22H34N8O2. The van der Waals surface area contributed by atoms with E-state index >= 15 is 0 Å². The van der Waals surface area contributed by atoms with E-state index < -0.39 is 0 Å². The van der Waals surface area contributed by atoms with Crippen molar-refractivity contribution in [3.05, 3.63) is 48.5 Å². The van der Waals surface area contributed by atoms with Gasteiger partial charge >= 0.3 is 0 Å². The van der Waals surface area contributed by atoms with E-state index in [1.165, 1.54) is 0 Å². The van der Waals surface area contributed by atoms with Gasteiger partial charge in [-0.3, -0.25) is 19.8 Å². The largest absolute Gasteiger partial charge is 0.397 e. The molecule has 2 aliphatic rings. The molecule has 0 aliphatic carbocycles. The molecular weight excluding hydrogens is 408 g/mol. The second-order valence-corrected chi connectivity index (χ2v) is 8.06. The summed E-state index contributed by atoms with van der Waals surface area (Å²) in [4.78, 5) is 4.60. The highest BCUT2D eigenvalue weighted by Gasteiger charge is 2.41. The van der Waals surface area contributed by atoms with Crippen molar-refractivity contribution in [1.82, 2.24) is 9.80 Å². The fourth-order valence-corrected chi connectivity index (χ4v) is 4.43. The maximum Gasteiger partial charge on any atom is 0.133 e. The number of para-hydroxylation sites is 4. The van der Waals surface area contributed by atoms with E-state index in [1.54, 1.807) is 10.0 Å². The van der Waals surface area contributed by atoms with Crippen molar-refractivity contribution in [3.63, 3.8) is 0 Å². The Bertz CT molecular complexity index is 801. The molecule has 2 saturated heterocycles. The van der Waals surface area contributed by atoms with Crippen LogP contribution in [0.3, 0.4) is 0 Å². The smallest absolute Gasteiger partial charge is 0.133 e. The molecule has 2 aromatic rings. The molecule has 32 heavy (non-hydrogen) atoms. The van der Waals surface area contributed by atoms with E-state index in [-0.39, 0.29) is 12.3 Å². The summed E-state index contributed by atoms with van der Waals surface area (Å²) >= 11 is 0. The van der Waals surface area contributed by atoms with E-state index in [0.29, 0.717) is 37.8 Å². The average molecular weight is 443 g/mol. The third kappa shape index (κ3) is 4.75. The molecule has 10 nitrogen and oxygen atoms in total. The molecule has 2 unspecified atom stereocenters. The Kier molecular flexibility index (Phi) is 7.30. The molecule has 2 aromatic carbocycles. The number of nitrogens with two attached hydrogens (primary N) is 4. The monoisotopic (exact) mass is 442 g/mol. The first kappa shape index (κ1) is 22.6.